The van der Waals surface area contributed by atoms with E-state index in [0.29, 0.717) is 6.61 Å². The number of methoxy groups -OCH3 is 1. The summed E-state index contributed by atoms with van der Waals surface area (Å²) in [7, 11) is 1.70. The predicted molar refractivity (Wildman–Crippen MR) is 86.4 cm³/mol. The minimum atomic E-state index is -0.177. The second-order valence-electron chi connectivity index (χ2n) is 5.55. The van der Waals surface area contributed by atoms with E-state index in [1.807, 2.05) is 39.0 Å². The molecule has 0 saturated carbocycles. The third kappa shape index (κ3) is 3.33. The van der Waals surface area contributed by atoms with Crippen LogP contribution in [0, 0.1) is 0 Å². The number of nitrogens with zero attached hydrogens (tertiary/aromatic N) is 2. The third-order valence-electron chi connectivity index (χ3n) is 3.28. The van der Waals surface area contributed by atoms with Crippen LogP contribution in [0.2, 0.25) is 0 Å². The molecule has 0 saturated heterocycles. The number of ether oxygens (including phenoxy) is 2. The molecule has 0 fully saturated rings. The fourth-order valence-corrected chi connectivity index (χ4v) is 2.67. The number of aromatic nitrogens is 2. The average Bonchev–Trinajstić information content (AvgIpc) is 2.79. The van der Waals surface area contributed by atoms with E-state index in [1.165, 1.54) is 0 Å². The fourth-order valence-electron chi connectivity index (χ4n) is 2.52. The summed E-state index contributed by atoms with van der Waals surface area (Å²) in [5.74, 6) is 1.64. The van der Waals surface area contributed by atoms with Crippen LogP contribution in [0.5, 0.6) is 5.75 Å². The number of alkyl halides is 1. The normalized spacial score (nSPS) is 14.6. The van der Waals surface area contributed by atoms with E-state index in [1.54, 1.807) is 7.11 Å². The molecule has 0 radical (unpaired) electrons. The Morgan fingerprint density at radius 3 is 2.52 bits per heavy atom. The quantitative estimate of drug-likeness (QED) is 0.745. The van der Waals surface area contributed by atoms with Gasteiger partial charge in [0.1, 0.15) is 17.1 Å². The van der Waals surface area contributed by atoms with E-state index < -0.39 is 0 Å². The molecule has 1 heterocycles. The van der Waals surface area contributed by atoms with Crippen molar-refractivity contribution in [3.05, 3.63) is 24.0 Å². The van der Waals surface area contributed by atoms with Gasteiger partial charge in [0, 0.05) is 7.11 Å². The zero-order valence-corrected chi connectivity index (χ0v) is 14.0. The largest absolute Gasteiger partial charge is 0.489 e. The lowest BCUT2D eigenvalue weighted by Crippen LogP contribution is -2.14. The van der Waals surface area contributed by atoms with Gasteiger partial charge in [-0.3, -0.25) is 0 Å². The Bertz CT molecular complexity index is 608. The SMILES string of the molecule is COCC(C)n1c(C(C)Cl)nc2c(OC(C)C)cccc21. The van der Waals surface area contributed by atoms with Crippen molar-refractivity contribution in [2.45, 2.75) is 45.2 Å². The lowest BCUT2D eigenvalue weighted by Gasteiger charge is -2.18. The Morgan fingerprint density at radius 1 is 1.24 bits per heavy atom. The second kappa shape index (κ2) is 6.67. The van der Waals surface area contributed by atoms with Crippen LogP contribution in [0.1, 0.15) is 44.9 Å². The van der Waals surface area contributed by atoms with Crippen molar-refractivity contribution in [2.24, 2.45) is 0 Å². The third-order valence-corrected chi connectivity index (χ3v) is 3.47. The van der Waals surface area contributed by atoms with Crippen molar-refractivity contribution < 1.29 is 9.47 Å². The van der Waals surface area contributed by atoms with Gasteiger partial charge in [-0.05, 0) is 39.8 Å². The van der Waals surface area contributed by atoms with Gasteiger partial charge in [0.2, 0.25) is 0 Å². The minimum Gasteiger partial charge on any atom is -0.489 e. The Hall–Kier alpha value is -1.26. The Morgan fingerprint density at radius 2 is 1.95 bits per heavy atom. The van der Waals surface area contributed by atoms with Gasteiger partial charge >= 0.3 is 0 Å². The van der Waals surface area contributed by atoms with Gasteiger partial charge in [-0.15, -0.1) is 11.6 Å². The van der Waals surface area contributed by atoms with Crippen molar-refractivity contribution in [1.29, 1.82) is 0 Å². The van der Waals surface area contributed by atoms with E-state index in [4.69, 9.17) is 26.1 Å². The number of hydrogen-bond acceptors (Lipinski definition) is 3. The lowest BCUT2D eigenvalue weighted by molar-refractivity contribution is 0.162. The molecule has 116 valence electrons. The van der Waals surface area contributed by atoms with Crippen LogP contribution in [0.15, 0.2) is 18.2 Å². The van der Waals surface area contributed by atoms with Crippen LogP contribution in [-0.2, 0) is 4.74 Å². The van der Waals surface area contributed by atoms with Gasteiger partial charge in [0.25, 0.3) is 0 Å². The maximum absolute atomic E-state index is 6.32. The number of imidazole rings is 1. The number of para-hydroxylation sites is 1. The van der Waals surface area contributed by atoms with Gasteiger partial charge in [0.15, 0.2) is 0 Å². The molecular weight excluding hydrogens is 288 g/mol. The highest BCUT2D eigenvalue weighted by molar-refractivity contribution is 6.20. The van der Waals surface area contributed by atoms with Crippen LogP contribution in [0.4, 0.5) is 0 Å². The molecule has 0 N–H and O–H groups in total. The van der Waals surface area contributed by atoms with Crippen molar-refractivity contribution in [3.63, 3.8) is 0 Å². The number of fused-ring (bicyclic) bond motifs is 1. The van der Waals surface area contributed by atoms with Crippen LogP contribution in [0.25, 0.3) is 11.0 Å². The number of rotatable bonds is 6. The second-order valence-corrected chi connectivity index (χ2v) is 6.21. The lowest BCUT2D eigenvalue weighted by atomic mass is 10.2. The first-order chi connectivity index (χ1) is 9.95. The van der Waals surface area contributed by atoms with E-state index in [0.717, 1.165) is 22.6 Å². The molecule has 0 spiro atoms. The van der Waals surface area contributed by atoms with Crippen LogP contribution in [0.3, 0.4) is 0 Å². The zero-order valence-electron chi connectivity index (χ0n) is 13.3. The smallest absolute Gasteiger partial charge is 0.147 e. The van der Waals surface area contributed by atoms with E-state index in [9.17, 15) is 0 Å². The standard InChI is InChI=1S/C16H23ClN2O2/c1-10(2)21-14-8-6-7-13-15(14)18-16(12(4)17)19(13)11(3)9-20-5/h6-8,10-12H,9H2,1-5H3. The molecule has 0 bridgehead atoms. The van der Waals surface area contributed by atoms with Gasteiger partial charge in [-0.1, -0.05) is 6.07 Å². The van der Waals surface area contributed by atoms with Crippen LogP contribution < -0.4 is 4.74 Å². The molecule has 1 aromatic heterocycles. The first-order valence-corrected chi connectivity index (χ1v) is 7.69. The Balaban J connectivity index is 2.62. The van der Waals surface area contributed by atoms with Gasteiger partial charge in [0.05, 0.1) is 29.6 Å². The summed E-state index contributed by atoms with van der Waals surface area (Å²) in [6, 6.07) is 6.14. The first kappa shape index (κ1) is 16.1. The van der Waals surface area contributed by atoms with Crippen LogP contribution >= 0.6 is 11.6 Å². The minimum absolute atomic E-state index is 0.106. The highest BCUT2D eigenvalue weighted by atomic mass is 35.5. The van der Waals surface area contributed by atoms with E-state index in [-0.39, 0.29) is 17.5 Å². The summed E-state index contributed by atoms with van der Waals surface area (Å²) in [5, 5.41) is -0.177. The predicted octanol–water partition coefficient (Wildman–Crippen LogP) is 4.33. The first-order valence-electron chi connectivity index (χ1n) is 7.26. The molecule has 2 atom stereocenters. The summed E-state index contributed by atoms with van der Waals surface area (Å²) in [6.45, 7) is 8.66. The van der Waals surface area contributed by atoms with Gasteiger partial charge < -0.3 is 14.0 Å². The number of hydrogen-bond donors (Lipinski definition) is 0. The highest BCUT2D eigenvalue weighted by Gasteiger charge is 2.21. The average molecular weight is 311 g/mol. The number of halogens is 1. The maximum Gasteiger partial charge on any atom is 0.147 e. The molecule has 2 unspecified atom stereocenters. The number of benzene rings is 1. The summed E-state index contributed by atoms with van der Waals surface area (Å²) in [4.78, 5) is 4.72. The molecule has 0 aliphatic rings. The molecule has 1 aromatic carbocycles. The van der Waals surface area contributed by atoms with Gasteiger partial charge in [-0.25, -0.2) is 4.98 Å². The van der Waals surface area contributed by atoms with Crippen LogP contribution in [-0.4, -0.2) is 29.4 Å². The molecule has 0 aliphatic carbocycles. The summed E-state index contributed by atoms with van der Waals surface area (Å²) >= 11 is 6.32. The monoisotopic (exact) mass is 310 g/mol. The summed E-state index contributed by atoms with van der Waals surface area (Å²) in [6.07, 6.45) is 0.106. The summed E-state index contributed by atoms with van der Waals surface area (Å²) < 4.78 is 13.3. The molecule has 0 amide bonds. The van der Waals surface area contributed by atoms with Crippen molar-refractivity contribution in [1.82, 2.24) is 9.55 Å². The van der Waals surface area contributed by atoms with E-state index >= 15 is 0 Å². The molecule has 2 aromatic rings. The molecule has 2 rings (SSSR count). The summed E-state index contributed by atoms with van der Waals surface area (Å²) in [5.41, 5.74) is 1.89. The zero-order chi connectivity index (χ0) is 15.6. The van der Waals surface area contributed by atoms with E-state index in [2.05, 4.69) is 11.5 Å². The molecular formula is C16H23ClN2O2. The molecule has 21 heavy (non-hydrogen) atoms. The molecule has 5 heteroatoms. The van der Waals surface area contributed by atoms with Crippen molar-refractivity contribution in [2.75, 3.05) is 13.7 Å². The fraction of sp³-hybridized carbons (Fsp3) is 0.562. The Kier molecular flexibility index (Phi) is 5.12. The van der Waals surface area contributed by atoms with Crippen molar-refractivity contribution in [3.8, 4) is 5.75 Å². The van der Waals surface area contributed by atoms with Gasteiger partial charge in [-0.2, -0.15) is 0 Å². The topological polar surface area (TPSA) is 36.3 Å². The molecule has 4 nitrogen and oxygen atoms in total. The maximum atomic E-state index is 6.32. The highest BCUT2D eigenvalue weighted by Crippen LogP contribution is 2.33. The van der Waals surface area contributed by atoms with Crippen molar-refractivity contribution >= 4 is 22.6 Å². The Labute approximate surface area is 131 Å². The molecule has 0 aliphatic heterocycles.